The lowest BCUT2D eigenvalue weighted by atomic mass is 10.0. The summed E-state index contributed by atoms with van der Waals surface area (Å²) in [5.41, 5.74) is 2.42. The first-order chi connectivity index (χ1) is 8.70. The van der Waals surface area contributed by atoms with Crippen LogP contribution in [0.2, 0.25) is 0 Å². The number of rotatable bonds is 5. The lowest BCUT2D eigenvalue weighted by Gasteiger charge is -2.20. The molecule has 0 bridgehead atoms. The first kappa shape index (κ1) is 13.1. The Bertz CT molecular complexity index is 393. The number of hydrogen-bond donors (Lipinski definition) is 0. The molecular formula is C15H21NO2. The van der Waals surface area contributed by atoms with E-state index in [2.05, 4.69) is 31.2 Å². The van der Waals surface area contributed by atoms with Crippen LogP contribution in [-0.2, 0) is 16.0 Å². The SMILES string of the molecule is CCc1ccc(N(C)CC(=O)C2CCOC2)cc1. The Morgan fingerprint density at radius 2 is 2.11 bits per heavy atom. The van der Waals surface area contributed by atoms with Crippen molar-refractivity contribution in [2.24, 2.45) is 5.92 Å². The predicted molar refractivity (Wildman–Crippen MR) is 73.0 cm³/mol. The number of aryl methyl sites for hydroxylation is 1. The average Bonchev–Trinajstić information content (AvgIpc) is 2.92. The molecule has 18 heavy (non-hydrogen) atoms. The molecule has 2 rings (SSSR count). The average molecular weight is 247 g/mol. The van der Waals surface area contributed by atoms with E-state index in [9.17, 15) is 4.79 Å². The van der Waals surface area contributed by atoms with Gasteiger partial charge in [0.2, 0.25) is 0 Å². The number of likely N-dealkylation sites (N-methyl/N-ethyl adjacent to an activating group) is 1. The van der Waals surface area contributed by atoms with E-state index < -0.39 is 0 Å². The van der Waals surface area contributed by atoms with E-state index in [4.69, 9.17) is 4.74 Å². The lowest BCUT2D eigenvalue weighted by molar-refractivity contribution is -0.121. The smallest absolute Gasteiger partial charge is 0.157 e. The van der Waals surface area contributed by atoms with Crippen molar-refractivity contribution in [3.05, 3.63) is 29.8 Å². The molecule has 1 aromatic carbocycles. The molecule has 3 heteroatoms. The number of benzene rings is 1. The minimum Gasteiger partial charge on any atom is -0.381 e. The molecule has 0 spiro atoms. The monoisotopic (exact) mass is 247 g/mol. The standard InChI is InChI=1S/C15H21NO2/c1-3-12-4-6-14(7-5-12)16(2)10-15(17)13-8-9-18-11-13/h4-7,13H,3,8-11H2,1-2H3. The van der Waals surface area contributed by atoms with Gasteiger partial charge in [0, 0.05) is 25.3 Å². The number of anilines is 1. The number of carbonyl (C=O) groups excluding carboxylic acids is 1. The molecular weight excluding hydrogens is 226 g/mol. The number of Topliss-reactive ketones (excluding diaryl/α,β-unsaturated/α-hetero) is 1. The molecule has 3 nitrogen and oxygen atoms in total. The minimum absolute atomic E-state index is 0.0994. The minimum atomic E-state index is 0.0994. The molecule has 0 amide bonds. The number of ketones is 1. The summed E-state index contributed by atoms with van der Waals surface area (Å²) < 4.78 is 5.26. The van der Waals surface area contributed by atoms with E-state index in [1.165, 1.54) is 5.56 Å². The van der Waals surface area contributed by atoms with Crippen LogP contribution < -0.4 is 4.90 Å². The van der Waals surface area contributed by atoms with E-state index in [-0.39, 0.29) is 11.7 Å². The predicted octanol–water partition coefficient (Wildman–Crippen LogP) is 2.29. The zero-order chi connectivity index (χ0) is 13.0. The van der Waals surface area contributed by atoms with Gasteiger partial charge in [0.25, 0.3) is 0 Å². The highest BCUT2D eigenvalue weighted by molar-refractivity contribution is 5.85. The molecule has 1 aromatic rings. The quantitative estimate of drug-likeness (QED) is 0.799. The van der Waals surface area contributed by atoms with Crippen molar-refractivity contribution in [2.45, 2.75) is 19.8 Å². The third-order valence-electron chi connectivity index (χ3n) is 3.56. The summed E-state index contributed by atoms with van der Waals surface area (Å²) in [4.78, 5) is 14.0. The van der Waals surface area contributed by atoms with Crippen LogP contribution in [0.1, 0.15) is 18.9 Å². The fourth-order valence-electron chi connectivity index (χ4n) is 2.23. The summed E-state index contributed by atoms with van der Waals surface area (Å²) in [7, 11) is 1.97. The van der Waals surface area contributed by atoms with E-state index in [0.717, 1.165) is 25.1 Å². The van der Waals surface area contributed by atoms with Gasteiger partial charge >= 0.3 is 0 Å². The Hall–Kier alpha value is -1.35. The first-order valence-electron chi connectivity index (χ1n) is 6.61. The van der Waals surface area contributed by atoms with Gasteiger partial charge in [0.15, 0.2) is 5.78 Å². The molecule has 0 aromatic heterocycles. The Morgan fingerprint density at radius 3 is 2.67 bits per heavy atom. The van der Waals surface area contributed by atoms with E-state index in [0.29, 0.717) is 13.2 Å². The van der Waals surface area contributed by atoms with E-state index in [1.54, 1.807) is 0 Å². The largest absolute Gasteiger partial charge is 0.381 e. The van der Waals surface area contributed by atoms with Gasteiger partial charge in [-0.3, -0.25) is 4.79 Å². The highest BCUT2D eigenvalue weighted by Gasteiger charge is 2.24. The first-order valence-corrected chi connectivity index (χ1v) is 6.61. The van der Waals surface area contributed by atoms with Crippen molar-refractivity contribution >= 4 is 11.5 Å². The van der Waals surface area contributed by atoms with Crippen molar-refractivity contribution in [1.82, 2.24) is 0 Å². The molecule has 0 N–H and O–H groups in total. The Kier molecular flexibility index (Phi) is 4.37. The maximum Gasteiger partial charge on any atom is 0.157 e. The second-order valence-corrected chi connectivity index (χ2v) is 4.90. The normalized spacial score (nSPS) is 18.9. The van der Waals surface area contributed by atoms with Gasteiger partial charge in [0.1, 0.15) is 0 Å². The maximum atomic E-state index is 12.0. The highest BCUT2D eigenvalue weighted by atomic mass is 16.5. The Morgan fingerprint density at radius 1 is 1.39 bits per heavy atom. The molecule has 1 heterocycles. The zero-order valence-electron chi connectivity index (χ0n) is 11.2. The molecule has 1 atom stereocenters. The van der Waals surface area contributed by atoms with Crippen LogP contribution in [0.15, 0.2) is 24.3 Å². The number of nitrogens with zero attached hydrogens (tertiary/aromatic N) is 1. The molecule has 1 saturated heterocycles. The van der Waals surface area contributed by atoms with Crippen molar-refractivity contribution < 1.29 is 9.53 Å². The van der Waals surface area contributed by atoms with Crippen LogP contribution in [0, 0.1) is 5.92 Å². The molecule has 0 radical (unpaired) electrons. The van der Waals surface area contributed by atoms with Crippen LogP contribution in [0.5, 0.6) is 0 Å². The van der Waals surface area contributed by atoms with Gasteiger partial charge in [-0.25, -0.2) is 0 Å². The van der Waals surface area contributed by atoms with Gasteiger partial charge in [-0.05, 0) is 30.5 Å². The van der Waals surface area contributed by atoms with Crippen LogP contribution in [0.4, 0.5) is 5.69 Å². The van der Waals surface area contributed by atoms with Gasteiger partial charge in [-0.15, -0.1) is 0 Å². The van der Waals surface area contributed by atoms with Gasteiger partial charge in [0.05, 0.1) is 13.2 Å². The fraction of sp³-hybridized carbons (Fsp3) is 0.533. The maximum absolute atomic E-state index is 12.0. The molecule has 1 unspecified atom stereocenters. The fourth-order valence-corrected chi connectivity index (χ4v) is 2.23. The Balaban J connectivity index is 1.93. The summed E-state index contributed by atoms with van der Waals surface area (Å²) in [6, 6.07) is 8.40. The van der Waals surface area contributed by atoms with Gasteiger partial charge < -0.3 is 9.64 Å². The van der Waals surface area contributed by atoms with Gasteiger partial charge in [-0.2, -0.15) is 0 Å². The molecule has 1 aliphatic heterocycles. The highest BCUT2D eigenvalue weighted by Crippen LogP contribution is 2.17. The van der Waals surface area contributed by atoms with Crippen molar-refractivity contribution in [2.75, 3.05) is 31.7 Å². The molecule has 1 aliphatic rings. The summed E-state index contributed by atoms with van der Waals surface area (Å²) in [5.74, 6) is 0.386. The van der Waals surface area contributed by atoms with Crippen LogP contribution in [0.25, 0.3) is 0 Å². The summed E-state index contributed by atoms with van der Waals surface area (Å²) >= 11 is 0. The second kappa shape index (κ2) is 6.01. The summed E-state index contributed by atoms with van der Waals surface area (Å²) in [6.07, 6.45) is 1.92. The molecule has 0 saturated carbocycles. The van der Waals surface area contributed by atoms with Crippen molar-refractivity contribution in [3.63, 3.8) is 0 Å². The Labute approximate surface area is 109 Å². The van der Waals surface area contributed by atoms with Crippen LogP contribution >= 0.6 is 0 Å². The molecule has 0 aliphatic carbocycles. The molecule has 1 fully saturated rings. The lowest BCUT2D eigenvalue weighted by Crippen LogP contribution is -2.30. The zero-order valence-corrected chi connectivity index (χ0v) is 11.2. The van der Waals surface area contributed by atoms with Crippen LogP contribution in [-0.4, -0.2) is 32.6 Å². The van der Waals surface area contributed by atoms with E-state index >= 15 is 0 Å². The molecule has 98 valence electrons. The number of carbonyl (C=O) groups is 1. The summed E-state index contributed by atoms with van der Waals surface area (Å²) in [5, 5.41) is 0. The van der Waals surface area contributed by atoms with E-state index in [1.807, 2.05) is 11.9 Å². The number of ether oxygens (including phenoxy) is 1. The number of hydrogen-bond acceptors (Lipinski definition) is 3. The second-order valence-electron chi connectivity index (χ2n) is 4.90. The van der Waals surface area contributed by atoms with Gasteiger partial charge in [-0.1, -0.05) is 19.1 Å². The van der Waals surface area contributed by atoms with Crippen LogP contribution in [0.3, 0.4) is 0 Å². The summed E-state index contributed by atoms with van der Waals surface area (Å²) in [6.45, 7) is 3.94. The topological polar surface area (TPSA) is 29.5 Å². The third-order valence-corrected chi connectivity index (χ3v) is 3.56. The van der Waals surface area contributed by atoms with Crippen molar-refractivity contribution in [3.8, 4) is 0 Å². The third kappa shape index (κ3) is 3.10. The van der Waals surface area contributed by atoms with Crippen molar-refractivity contribution in [1.29, 1.82) is 0 Å².